The molecule has 0 bridgehead atoms. The number of piperidine rings is 1. The molecule has 0 aromatic carbocycles. The standard InChI is InChI=1S/C19H17ClN2O7S3/c1-29-19(26)16-13(6-14(20)31-16)32(27,28)5-4-12-9-7-22(18(25)10(9)8-30-12)11-2-3-15(23)21-17(11)24/h6,8,11H,2-5,7H2,1H3,(H,21,23,24). The van der Waals surface area contributed by atoms with E-state index in [-0.39, 0.29) is 57.5 Å². The number of sulfone groups is 1. The number of fused-ring (bicyclic) bond motifs is 1. The van der Waals surface area contributed by atoms with Crippen molar-refractivity contribution in [3.05, 3.63) is 36.7 Å². The molecule has 170 valence electrons. The summed E-state index contributed by atoms with van der Waals surface area (Å²) in [5.74, 6) is -2.24. The molecule has 4 rings (SSSR count). The zero-order valence-corrected chi connectivity index (χ0v) is 19.9. The molecule has 1 atom stereocenters. The summed E-state index contributed by atoms with van der Waals surface area (Å²) >= 11 is 8.04. The Morgan fingerprint density at radius 1 is 1.34 bits per heavy atom. The van der Waals surface area contributed by atoms with Crippen LogP contribution in [0.15, 0.2) is 16.3 Å². The van der Waals surface area contributed by atoms with Gasteiger partial charge in [0, 0.05) is 23.2 Å². The van der Waals surface area contributed by atoms with Crippen molar-refractivity contribution in [2.75, 3.05) is 12.9 Å². The van der Waals surface area contributed by atoms with Crippen molar-refractivity contribution in [2.24, 2.45) is 0 Å². The molecular weight excluding hydrogens is 500 g/mol. The van der Waals surface area contributed by atoms with Gasteiger partial charge >= 0.3 is 5.97 Å². The zero-order chi connectivity index (χ0) is 23.2. The minimum atomic E-state index is -3.85. The molecule has 0 aliphatic carbocycles. The maximum atomic E-state index is 12.9. The molecule has 2 aliphatic rings. The van der Waals surface area contributed by atoms with Crippen molar-refractivity contribution in [3.8, 4) is 0 Å². The molecule has 9 nitrogen and oxygen atoms in total. The van der Waals surface area contributed by atoms with Crippen LogP contribution in [0.5, 0.6) is 0 Å². The molecular formula is C19H17ClN2O7S3. The van der Waals surface area contributed by atoms with Crippen LogP contribution in [-0.4, -0.2) is 55.9 Å². The number of hydrogen-bond donors (Lipinski definition) is 1. The molecule has 0 radical (unpaired) electrons. The summed E-state index contributed by atoms with van der Waals surface area (Å²) in [5, 5.41) is 3.91. The Hall–Kier alpha value is -2.28. The quantitative estimate of drug-likeness (QED) is 0.459. The molecule has 0 saturated carbocycles. The second-order valence-corrected chi connectivity index (χ2v) is 12.0. The Morgan fingerprint density at radius 3 is 2.78 bits per heavy atom. The van der Waals surface area contributed by atoms with E-state index in [2.05, 4.69) is 10.1 Å². The number of ether oxygens (including phenoxy) is 1. The molecule has 1 unspecified atom stereocenters. The minimum absolute atomic E-state index is 0.0758. The molecule has 4 heterocycles. The highest BCUT2D eigenvalue weighted by Gasteiger charge is 2.40. The van der Waals surface area contributed by atoms with Crippen molar-refractivity contribution in [3.63, 3.8) is 0 Å². The second-order valence-electron chi connectivity index (χ2n) is 7.26. The van der Waals surface area contributed by atoms with Crippen LogP contribution in [0.25, 0.3) is 0 Å². The molecule has 1 fully saturated rings. The maximum absolute atomic E-state index is 12.9. The number of imide groups is 1. The predicted molar refractivity (Wildman–Crippen MR) is 117 cm³/mol. The van der Waals surface area contributed by atoms with Crippen molar-refractivity contribution < 1.29 is 32.3 Å². The smallest absolute Gasteiger partial charge is 0.349 e. The lowest BCUT2D eigenvalue weighted by atomic mass is 10.0. The number of rotatable bonds is 6. The lowest BCUT2D eigenvalue weighted by molar-refractivity contribution is -0.136. The molecule has 0 spiro atoms. The van der Waals surface area contributed by atoms with Crippen molar-refractivity contribution in [1.82, 2.24) is 10.2 Å². The molecule has 2 aromatic rings. The molecule has 13 heteroatoms. The third kappa shape index (κ3) is 4.07. The number of hydrogen-bond acceptors (Lipinski definition) is 9. The van der Waals surface area contributed by atoms with Crippen LogP contribution in [0.4, 0.5) is 0 Å². The van der Waals surface area contributed by atoms with Gasteiger partial charge < -0.3 is 9.64 Å². The van der Waals surface area contributed by atoms with Crippen molar-refractivity contribution in [1.29, 1.82) is 0 Å². The molecule has 1 N–H and O–H groups in total. The minimum Gasteiger partial charge on any atom is -0.465 e. The van der Waals surface area contributed by atoms with Crippen LogP contribution in [0.1, 0.15) is 43.3 Å². The average molecular weight is 517 g/mol. The third-order valence-electron chi connectivity index (χ3n) is 5.36. The van der Waals surface area contributed by atoms with Gasteiger partial charge in [0.2, 0.25) is 11.8 Å². The van der Waals surface area contributed by atoms with Crippen LogP contribution in [0.3, 0.4) is 0 Å². The van der Waals surface area contributed by atoms with Gasteiger partial charge in [-0.25, -0.2) is 13.2 Å². The molecule has 1 saturated heterocycles. The number of thiophene rings is 2. The number of nitrogens with zero attached hydrogens (tertiary/aromatic N) is 1. The van der Waals surface area contributed by atoms with Crippen LogP contribution >= 0.6 is 34.3 Å². The van der Waals surface area contributed by atoms with Crippen molar-refractivity contribution >= 4 is 67.8 Å². The van der Waals surface area contributed by atoms with E-state index in [1.807, 2.05) is 0 Å². The van der Waals surface area contributed by atoms with Crippen molar-refractivity contribution in [2.45, 2.75) is 36.7 Å². The summed E-state index contributed by atoms with van der Waals surface area (Å²) in [7, 11) is -2.69. The fraction of sp³-hybridized carbons (Fsp3) is 0.368. The first-order valence-corrected chi connectivity index (χ1v) is 13.2. The summed E-state index contributed by atoms with van der Waals surface area (Å²) in [6, 6.07) is 0.505. The Morgan fingerprint density at radius 2 is 2.09 bits per heavy atom. The number of nitrogens with one attached hydrogen (secondary N) is 1. The van der Waals surface area contributed by atoms with Gasteiger partial charge in [0.25, 0.3) is 5.91 Å². The number of methoxy groups -OCH3 is 1. The zero-order valence-electron chi connectivity index (χ0n) is 16.7. The number of aryl methyl sites for hydroxylation is 1. The first-order valence-electron chi connectivity index (χ1n) is 9.46. The van der Waals surface area contributed by atoms with Gasteiger partial charge in [0.1, 0.15) is 10.9 Å². The van der Waals surface area contributed by atoms with Gasteiger partial charge in [-0.2, -0.15) is 0 Å². The van der Waals surface area contributed by atoms with E-state index in [0.717, 1.165) is 18.4 Å². The highest BCUT2D eigenvalue weighted by molar-refractivity contribution is 7.91. The molecule has 2 aromatic heterocycles. The fourth-order valence-electron chi connectivity index (χ4n) is 3.76. The van der Waals surface area contributed by atoms with Gasteiger partial charge in [-0.05, 0) is 24.5 Å². The predicted octanol–water partition coefficient (Wildman–Crippen LogP) is 2.03. The summed E-state index contributed by atoms with van der Waals surface area (Å²) in [4.78, 5) is 50.2. The lowest BCUT2D eigenvalue weighted by Crippen LogP contribution is -2.52. The van der Waals surface area contributed by atoms with E-state index in [1.54, 1.807) is 5.38 Å². The number of esters is 1. The van der Waals surface area contributed by atoms with E-state index >= 15 is 0 Å². The van der Waals surface area contributed by atoms with Crippen LogP contribution in [0.2, 0.25) is 4.34 Å². The van der Waals surface area contributed by atoms with Gasteiger partial charge in [0.05, 0.1) is 27.7 Å². The maximum Gasteiger partial charge on any atom is 0.349 e. The van der Waals surface area contributed by atoms with Gasteiger partial charge in [-0.3, -0.25) is 19.7 Å². The van der Waals surface area contributed by atoms with Crippen LogP contribution in [0, 0.1) is 0 Å². The Kier molecular flexibility index (Phi) is 6.14. The fourth-order valence-corrected chi connectivity index (χ4v) is 7.97. The van der Waals surface area contributed by atoms with E-state index in [1.165, 1.54) is 22.3 Å². The Balaban J connectivity index is 1.52. The summed E-state index contributed by atoms with van der Waals surface area (Å²) in [5.41, 5.74) is 1.14. The lowest BCUT2D eigenvalue weighted by Gasteiger charge is -2.29. The number of carbonyl (C=O) groups is 4. The van der Waals surface area contributed by atoms with E-state index in [9.17, 15) is 27.6 Å². The van der Waals surface area contributed by atoms with Crippen LogP contribution in [-0.2, 0) is 37.1 Å². The SMILES string of the molecule is COC(=O)c1sc(Cl)cc1S(=O)(=O)CCc1scc2c1CN(C1CCC(=O)NC1=O)C2=O. The van der Waals surface area contributed by atoms with Gasteiger partial charge in [-0.1, -0.05) is 11.6 Å². The van der Waals surface area contributed by atoms with Gasteiger partial charge in [-0.15, -0.1) is 22.7 Å². The Labute approximate surface area is 196 Å². The van der Waals surface area contributed by atoms with Crippen LogP contribution < -0.4 is 5.32 Å². The van der Waals surface area contributed by atoms with E-state index in [4.69, 9.17) is 11.6 Å². The Bertz CT molecular complexity index is 1250. The normalized spacial score (nSPS) is 18.6. The summed E-state index contributed by atoms with van der Waals surface area (Å²) in [6.45, 7) is 0.178. The highest BCUT2D eigenvalue weighted by atomic mass is 35.5. The highest BCUT2D eigenvalue weighted by Crippen LogP contribution is 2.36. The van der Waals surface area contributed by atoms with E-state index < -0.39 is 27.8 Å². The third-order valence-corrected chi connectivity index (χ3v) is 9.55. The number of halogens is 1. The molecule has 2 aliphatic heterocycles. The topological polar surface area (TPSA) is 127 Å². The molecule has 3 amide bonds. The van der Waals surface area contributed by atoms with Gasteiger partial charge in [0.15, 0.2) is 9.84 Å². The average Bonchev–Trinajstić information content (AvgIpc) is 3.41. The van der Waals surface area contributed by atoms with E-state index in [0.29, 0.717) is 16.0 Å². The number of carbonyl (C=O) groups excluding carboxylic acids is 4. The summed E-state index contributed by atoms with van der Waals surface area (Å²) in [6.07, 6.45) is 0.541. The second kappa shape index (κ2) is 8.58. The largest absolute Gasteiger partial charge is 0.465 e. The number of amides is 3. The first-order chi connectivity index (χ1) is 15.1. The first kappa shape index (κ1) is 22.9. The molecule has 32 heavy (non-hydrogen) atoms. The monoisotopic (exact) mass is 516 g/mol. The summed E-state index contributed by atoms with van der Waals surface area (Å²) < 4.78 is 30.6.